The molecule has 1 rings (SSSR count). The molecule has 1 aromatic heterocycles. The first-order chi connectivity index (χ1) is 7.45. The monoisotopic (exact) mass is 305 g/mol. The fraction of sp³-hybridized carbons (Fsp3) is 0.667. The van der Waals surface area contributed by atoms with Crippen molar-refractivity contribution in [3.05, 3.63) is 20.8 Å². The van der Waals surface area contributed by atoms with E-state index in [1.54, 1.807) is 11.3 Å². The highest BCUT2D eigenvalue weighted by atomic mass is 79.9. The number of rotatable bonds is 5. The van der Waals surface area contributed by atoms with Crippen molar-refractivity contribution in [2.75, 3.05) is 13.1 Å². The molecule has 0 aliphatic rings. The van der Waals surface area contributed by atoms with Gasteiger partial charge in [0, 0.05) is 21.0 Å². The molecule has 0 bridgehead atoms. The van der Waals surface area contributed by atoms with Crippen molar-refractivity contribution >= 4 is 27.3 Å². The van der Waals surface area contributed by atoms with E-state index in [-0.39, 0.29) is 5.54 Å². The average molecular weight is 306 g/mol. The molecule has 0 aromatic carbocycles. The van der Waals surface area contributed by atoms with E-state index in [1.165, 1.54) is 0 Å². The highest BCUT2D eigenvalue weighted by Crippen LogP contribution is 2.36. The third kappa shape index (κ3) is 2.67. The maximum absolute atomic E-state index is 10.5. The van der Waals surface area contributed by atoms with Crippen molar-refractivity contribution in [1.29, 1.82) is 0 Å². The fourth-order valence-electron chi connectivity index (χ4n) is 2.08. The van der Waals surface area contributed by atoms with Gasteiger partial charge in [0.1, 0.15) is 0 Å². The second-order valence-corrected chi connectivity index (χ2v) is 6.00. The van der Waals surface area contributed by atoms with Gasteiger partial charge in [-0.3, -0.25) is 4.90 Å². The van der Waals surface area contributed by atoms with Gasteiger partial charge in [-0.15, -0.1) is 0 Å². The topological polar surface area (TPSA) is 23.5 Å². The predicted octanol–water partition coefficient (Wildman–Crippen LogP) is 3.66. The molecular weight excluding hydrogens is 286 g/mol. The number of hydrogen-bond acceptors (Lipinski definition) is 3. The first-order valence-electron chi connectivity index (χ1n) is 5.59. The molecule has 0 aliphatic heterocycles. The van der Waals surface area contributed by atoms with Crippen LogP contribution in [-0.4, -0.2) is 28.6 Å². The minimum Gasteiger partial charge on any atom is -0.386 e. The van der Waals surface area contributed by atoms with Crippen LogP contribution in [0.2, 0.25) is 0 Å². The van der Waals surface area contributed by atoms with Gasteiger partial charge in [0.05, 0.1) is 6.10 Å². The second-order valence-electron chi connectivity index (χ2n) is 4.40. The van der Waals surface area contributed by atoms with Crippen LogP contribution < -0.4 is 0 Å². The van der Waals surface area contributed by atoms with Gasteiger partial charge in [-0.2, -0.15) is 11.3 Å². The van der Waals surface area contributed by atoms with Crippen LogP contribution in [0, 0.1) is 0 Å². The minimum absolute atomic E-state index is 0.243. The lowest BCUT2D eigenvalue weighted by Crippen LogP contribution is -2.48. The lowest BCUT2D eigenvalue weighted by Gasteiger charge is -2.41. The Balaban J connectivity index is 2.95. The average Bonchev–Trinajstić information content (AvgIpc) is 2.64. The van der Waals surface area contributed by atoms with Gasteiger partial charge in [0.15, 0.2) is 0 Å². The van der Waals surface area contributed by atoms with Gasteiger partial charge in [-0.05, 0) is 48.2 Å². The number of aliphatic hydroxyl groups excluding tert-OH is 1. The van der Waals surface area contributed by atoms with Gasteiger partial charge < -0.3 is 5.11 Å². The summed E-state index contributed by atoms with van der Waals surface area (Å²) in [6.07, 6.45) is -0.465. The van der Waals surface area contributed by atoms with E-state index < -0.39 is 6.10 Å². The Morgan fingerprint density at radius 1 is 1.38 bits per heavy atom. The van der Waals surface area contributed by atoms with E-state index in [1.807, 2.05) is 10.8 Å². The number of aliphatic hydroxyl groups is 1. The van der Waals surface area contributed by atoms with Crippen molar-refractivity contribution in [3.63, 3.8) is 0 Å². The molecule has 16 heavy (non-hydrogen) atoms. The third-order valence-corrected chi connectivity index (χ3v) is 4.94. The third-order valence-electron chi connectivity index (χ3n) is 3.18. The zero-order chi connectivity index (χ0) is 12.3. The Bertz CT molecular complexity index is 334. The van der Waals surface area contributed by atoms with Gasteiger partial charge in [-0.1, -0.05) is 13.8 Å². The Kier molecular flexibility index (Phi) is 4.98. The molecule has 0 aliphatic carbocycles. The summed E-state index contributed by atoms with van der Waals surface area (Å²) in [6, 6.07) is 0. The van der Waals surface area contributed by atoms with Gasteiger partial charge >= 0.3 is 0 Å². The number of hydrogen-bond donors (Lipinski definition) is 1. The zero-order valence-electron chi connectivity index (χ0n) is 10.3. The van der Waals surface area contributed by atoms with E-state index in [4.69, 9.17) is 0 Å². The first kappa shape index (κ1) is 14.2. The maximum atomic E-state index is 10.5. The van der Waals surface area contributed by atoms with E-state index in [2.05, 4.69) is 48.5 Å². The summed E-state index contributed by atoms with van der Waals surface area (Å²) in [5.74, 6) is 0. The van der Waals surface area contributed by atoms with Gasteiger partial charge in [-0.25, -0.2) is 0 Å². The van der Waals surface area contributed by atoms with Crippen molar-refractivity contribution < 1.29 is 5.11 Å². The molecule has 2 nitrogen and oxygen atoms in total. The highest BCUT2D eigenvalue weighted by molar-refractivity contribution is 9.10. The molecule has 1 heterocycles. The van der Waals surface area contributed by atoms with Crippen LogP contribution in [-0.2, 0) is 0 Å². The Morgan fingerprint density at radius 2 is 1.94 bits per heavy atom. The van der Waals surface area contributed by atoms with Crippen LogP contribution >= 0.6 is 27.3 Å². The summed E-state index contributed by atoms with van der Waals surface area (Å²) in [7, 11) is 0. The molecule has 0 amide bonds. The van der Waals surface area contributed by atoms with E-state index >= 15 is 0 Å². The fourth-order valence-corrected chi connectivity index (χ4v) is 3.61. The largest absolute Gasteiger partial charge is 0.386 e. The summed E-state index contributed by atoms with van der Waals surface area (Å²) in [5, 5.41) is 14.5. The SMILES string of the molecule is CCN(CC)C(C)(C)C(O)c1cscc1Br. The standard InChI is InChI=1S/C12H20BrNOS/c1-5-14(6-2)12(3,4)11(15)9-7-16-8-10(9)13/h7-8,11,15H,5-6H2,1-4H3. The molecule has 0 spiro atoms. The molecule has 4 heteroatoms. The Hall–Kier alpha value is 0.100. The predicted molar refractivity (Wildman–Crippen MR) is 74.0 cm³/mol. The normalized spacial score (nSPS) is 14.4. The number of halogens is 1. The van der Waals surface area contributed by atoms with Crippen molar-refractivity contribution in [3.8, 4) is 0 Å². The van der Waals surface area contributed by atoms with Crippen LogP contribution in [0.4, 0.5) is 0 Å². The van der Waals surface area contributed by atoms with E-state index in [9.17, 15) is 5.11 Å². The first-order valence-corrected chi connectivity index (χ1v) is 7.33. The van der Waals surface area contributed by atoms with Crippen molar-refractivity contribution in [2.24, 2.45) is 0 Å². The summed E-state index contributed by atoms with van der Waals surface area (Å²) in [4.78, 5) is 2.28. The van der Waals surface area contributed by atoms with Crippen molar-refractivity contribution in [1.82, 2.24) is 4.90 Å². The van der Waals surface area contributed by atoms with Gasteiger partial charge in [0.25, 0.3) is 0 Å². The van der Waals surface area contributed by atoms with E-state index in [0.29, 0.717) is 0 Å². The van der Waals surface area contributed by atoms with Crippen LogP contribution in [0.3, 0.4) is 0 Å². The Morgan fingerprint density at radius 3 is 2.31 bits per heavy atom. The quantitative estimate of drug-likeness (QED) is 0.897. The van der Waals surface area contributed by atoms with Crippen LogP contribution in [0.25, 0.3) is 0 Å². The number of likely N-dealkylation sites (N-methyl/N-ethyl adjacent to an activating group) is 1. The summed E-state index contributed by atoms with van der Waals surface area (Å²) < 4.78 is 1.00. The minimum atomic E-state index is -0.465. The molecule has 92 valence electrons. The molecule has 0 saturated heterocycles. The molecule has 0 saturated carbocycles. The molecule has 1 unspecified atom stereocenters. The number of thiophene rings is 1. The number of nitrogens with zero attached hydrogens (tertiary/aromatic N) is 1. The summed E-state index contributed by atoms with van der Waals surface area (Å²) in [6.45, 7) is 10.3. The zero-order valence-corrected chi connectivity index (χ0v) is 12.7. The summed E-state index contributed by atoms with van der Waals surface area (Å²) >= 11 is 5.10. The van der Waals surface area contributed by atoms with Gasteiger partial charge in [0.2, 0.25) is 0 Å². The van der Waals surface area contributed by atoms with E-state index in [0.717, 1.165) is 23.1 Å². The van der Waals surface area contributed by atoms with Crippen LogP contribution in [0.5, 0.6) is 0 Å². The highest BCUT2D eigenvalue weighted by Gasteiger charge is 2.34. The smallest absolute Gasteiger partial charge is 0.0987 e. The lowest BCUT2D eigenvalue weighted by molar-refractivity contribution is -0.00640. The molecule has 1 aromatic rings. The molecular formula is C12H20BrNOS. The molecule has 1 N–H and O–H groups in total. The molecule has 0 radical (unpaired) electrons. The van der Waals surface area contributed by atoms with Crippen LogP contribution in [0.1, 0.15) is 39.4 Å². The molecule has 0 fully saturated rings. The second kappa shape index (κ2) is 5.63. The lowest BCUT2D eigenvalue weighted by atomic mass is 9.91. The molecule has 1 atom stereocenters. The van der Waals surface area contributed by atoms with Crippen molar-refractivity contribution in [2.45, 2.75) is 39.3 Å². The van der Waals surface area contributed by atoms with Crippen LogP contribution in [0.15, 0.2) is 15.2 Å². The maximum Gasteiger partial charge on any atom is 0.0987 e. The summed E-state index contributed by atoms with van der Waals surface area (Å²) in [5.41, 5.74) is 0.745. The Labute approximate surface area is 110 Å².